The van der Waals surface area contributed by atoms with Gasteiger partial charge in [-0.1, -0.05) is 0 Å². The molecule has 0 aliphatic heterocycles. The number of benzene rings is 1. The molecule has 11 nitrogen and oxygen atoms in total. The van der Waals surface area contributed by atoms with Crippen LogP contribution in [0, 0.1) is 0 Å². The monoisotopic (exact) mass is 486 g/mol. The average molecular weight is 487 g/mol. The lowest BCUT2D eigenvalue weighted by Gasteiger charge is -2.19. The number of fused-ring (bicyclic) bond motifs is 1. The van der Waals surface area contributed by atoms with Crippen LogP contribution in [0.2, 0.25) is 0 Å². The Balaban J connectivity index is 1.80. The van der Waals surface area contributed by atoms with E-state index in [-0.39, 0.29) is 0 Å². The first kappa shape index (κ1) is 25.9. The van der Waals surface area contributed by atoms with Crippen molar-refractivity contribution in [2.45, 2.75) is 26.4 Å². The molecule has 1 aromatic carbocycles. The van der Waals surface area contributed by atoms with Gasteiger partial charge in [-0.25, -0.2) is 19.7 Å². The van der Waals surface area contributed by atoms with Gasteiger partial charge >= 0.3 is 6.09 Å². The third-order valence-electron chi connectivity index (χ3n) is 4.33. The largest absolute Gasteiger partial charge is 0.487 e. The van der Waals surface area contributed by atoms with Crippen LogP contribution in [0.1, 0.15) is 20.8 Å². The molecular formula is C24H30N4O7. The smallest absolute Gasteiger partial charge is 0.413 e. The number of carbonyl (C=O) groups is 1. The van der Waals surface area contributed by atoms with Crippen LogP contribution in [0.4, 0.5) is 10.6 Å². The van der Waals surface area contributed by atoms with Gasteiger partial charge in [0.1, 0.15) is 36.7 Å². The van der Waals surface area contributed by atoms with Crippen LogP contribution in [-0.2, 0) is 14.2 Å². The summed E-state index contributed by atoms with van der Waals surface area (Å²) in [4.78, 5) is 24.7. The third kappa shape index (κ3) is 7.94. The molecule has 11 heteroatoms. The zero-order valence-corrected chi connectivity index (χ0v) is 20.5. The molecule has 35 heavy (non-hydrogen) atoms. The van der Waals surface area contributed by atoms with Crippen molar-refractivity contribution in [1.29, 1.82) is 0 Å². The number of anilines is 1. The molecule has 0 saturated heterocycles. The van der Waals surface area contributed by atoms with E-state index in [4.69, 9.17) is 28.4 Å². The highest BCUT2D eigenvalue weighted by molar-refractivity contribution is 5.87. The normalized spacial score (nSPS) is 11.2. The van der Waals surface area contributed by atoms with Gasteiger partial charge in [-0.05, 0) is 39.0 Å². The molecule has 0 fully saturated rings. The summed E-state index contributed by atoms with van der Waals surface area (Å²) in [7, 11) is 3.20. The number of aromatic nitrogens is 3. The predicted octanol–water partition coefficient (Wildman–Crippen LogP) is 4.21. The summed E-state index contributed by atoms with van der Waals surface area (Å²) in [5, 5.41) is 3.20. The molecule has 0 atom stereocenters. The minimum atomic E-state index is -0.609. The van der Waals surface area contributed by atoms with Crippen LogP contribution in [-0.4, -0.2) is 67.3 Å². The van der Waals surface area contributed by atoms with E-state index in [1.54, 1.807) is 59.3 Å². The van der Waals surface area contributed by atoms with Crippen LogP contribution >= 0.6 is 0 Å². The van der Waals surface area contributed by atoms with Crippen molar-refractivity contribution in [3.05, 3.63) is 36.8 Å². The van der Waals surface area contributed by atoms with E-state index < -0.39 is 11.7 Å². The lowest BCUT2D eigenvalue weighted by Crippen LogP contribution is -2.27. The Labute approximate surface area is 203 Å². The van der Waals surface area contributed by atoms with E-state index in [9.17, 15) is 4.79 Å². The quantitative estimate of drug-likeness (QED) is 0.394. The first-order valence-electron chi connectivity index (χ1n) is 10.9. The Kier molecular flexibility index (Phi) is 8.98. The van der Waals surface area contributed by atoms with Crippen LogP contribution in [0.25, 0.3) is 10.9 Å². The van der Waals surface area contributed by atoms with Gasteiger partial charge in [0.2, 0.25) is 5.88 Å². The maximum atomic E-state index is 11.9. The number of pyridine rings is 1. The Bertz CT molecular complexity index is 1120. The SMILES string of the molecule is COCCOc1cc2ncnc(Oc3ccc(NC(=O)OC(C)(C)C)nc3)c2cc1OCCOC. The van der Waals surface area contributed by atoms with Gasteiger partial charge in [-0.15, -0.1) is 0 Å². The molecule has 2 heterocycles. The number of carbonyl (C=O) groups excluding carboxylic acids is 1. The lowest BCUT2D eigenvalue weighted by atomic mass is 10.2. The Morgan fingerprint density at radius 1 is 0.914 bits per heavy atom. The van der Waals surface area contributed by atoms with Crippen LogP contribution < -0.4 is 19.5 Å². The molecule has 0 saturated carbocycles. The molecular weight excluding hydrogens is 456 g/mol. The number of rotatable bonds is 11. The molecule has 3 rings (SSSR count). The second-order valence-electron chi connectivity index (χ2n) is 8.29. The van der Waals surface area contributed by atoms with Gasteiger partial charge in [0.05, 0.1) is 30.3 Å². The molecule has 0 aliphatic carbocycles. The Morgan fingerprint density at radius 2 is 1.60 bits per heavy atom. The van der Waals surface area contributed by atoms with Gasteiger partial charge in [0.25, 0.3) is 0 Å². The van der Waals surface area contributed by atoms with E-state index in [1.165, 1.54) is 12.5 Å². The molecule has 0 bridgehead atoms. The topological polar surface area (TPSA) is 123 Å². The zero-order chi connectivity index (χ0) is 25.3. The van der Waals surface area contributed by atoms with Gasteiger partial charge in [-0.3, -0.25) is 5.32 Å². The molecule has 1 N–H and O–H groups in total. The first-order chi connectivity index (χ1) is 16.8. The number of nitrogens with zero attached hydrogens (tertiary/aromatic N) is 3. The summed E-state index contributed by atoms with van der Waals surface area (Å²) in [6, 6.07) is 6.78. The van der Waals surface area contributed by atoms with Crippen molar-refractivity contribution in [3.63, 3.8) is 0 Å². The number of ether oxygens (including phenoxy) is 6. The Hall–Kier alpha value is -3.70. The van der Waals surface area contributed by atoms with Crippen LogP contribution in [0.5, 0.6) is 23.1 Å². The molecule has 1 amide bonds. The minimum absolute atomic E-state index is 0.310. The summed E-state index contributed by atoms with van der Waals surface area (Å²) in [6.07, 6.45) is 2.28. The highest BCUT2D eigenvalue weighted by Crippen LogP contribution is 2.36. The van der Waals surface area contributed by atoms with Gasteiger partial charge in [-0.2, -0.15) is 0 Å². The highest BCUT2D eigenvalue weighted by atomic mass is 16.6. The maximum absolute atomic E-state index is 11.9. The number of amides is 1. The van der Waals surface area contributed by atoms with Crippen molar-refractivity contribution >= 4 is 22.8 Å². The minimum Gasteiger partial charge on any atom is -0.487 e. The van der Waals surface area contributed by atoms with E-state index in [1.807, 2.05) is 0 Å². The van der Waals surface area contributed by atoms with Gasteiger partial charge < -0.3 is 28.4 Å². The van der Waals surface area contributed by atoms with E-state index in [0.717, 1.165) is 0 Å². The van der Waals surface area contributed by atoms with Crippen molar-refractivity contribution in [1.82, 2.24) is 15.0 Å². The lowest BCUT2D eigenvalue weighted by molar-refractivity contribution is 0.0635. The molecule has 188 valence electrons. The fourth-order valence-corrected chi connectivity index (χ4v) is 2.85. The maximum Gasteiger partial charge on any atom is 0.413 e. The second-order valence-corrected chi connectivity index (χ2v) is 8.29. The molecule has 2 aromatic heterocycles. The molecule has 0 spiro atoms. The van der Waals surface area contributed by atoms with Crippen molar-refractivity contribution < 1.29 is 33.2 Å². The van der Waals surface area contributed by atoms with Crippen LogP contribution in [0.3, 0.4) is 0 Å². The predicted molar refractivity (Wildman–Crippen MR) is 128 cm³/mol. The highest BCUT2D eigenvalue weighted by Gasteiger charge is 2.17. The molecule has 3 aromatic rings. The number of hydrogen-bond donors (Lipinski definition) is 1. The number of nitrogens with one attached hydrogen (secondary N) is 1. The number of hydrogen-bond acceptors (Lipinski definition) is 10. The van der Waals surface area contributed by atoms with E-state index in [2.05, 4.69) is 20.3 Å². The standard InChI is InChI=1S/C24H30N4O7/c1-24(2,3)35-23(29)28-21-7-6-16(14-25-21)34-22-17-12-19(32-10-8-30-4)20(33-11-9-31-5)13-18(17)26-15-27-22/h6-7,12-15H,8-11H2,1-5H3,(H,25,28,29). The fourth-order valence-electron chi connectivity index (χ4n) is 2.85. The summed E-state index contributed by atoms with van der Waals surface area (Å²) in [6.45, 7) is 6.89. The summed E-state index contributed by atoms with van der Waals surface area (Å²) < 4.78 is 33.0. The fraction of sp³-hybridized carbons (Fsp3) is 0.417. The van der Waals surface area contributed by atoms with E-state index in [0.29, 0.717) is 66.3 Å². The Morgan fingerprint density at radius 3 is 2.20 bits per heavy atom. The molecule has 0 aliphatic rings. The average Bonchev–Trinajstić information content (AvgIpc) is 2.80. The first-order valence-corrected chi connectivity index (χ1v) is 10.9. The molecule has 0 unspecified atom stereocenters. The summed E-state index contributed by atoms with van der Waals surface area (Å²) in [5.74, 6) is 2.08. The van der Waals surface area contributed by atoms with E-state index >= 15 is 0 Å². The summed E-state index contributed by atoms with van der Waals surface area (Å²) >= 11 is 0. The van der Waals surface area contributed by atoms with Crippen LogP contribution in [0.15, 0.2) is 36.8 Å². The van der Waals surface area contributed by atoms with Crippen molar-refractivity contribution in [3.8, 4) is 23.1 Å². The van der Waals surface area contributed by atoms with Gasteiger partial charge in [0, 0.05) is 20.3 Å². The zero-order valence-electron chi connectivity index (χ0n) is 20.5. The molecule has 0 radical (unpaired) electrons. The third-order valence-corrected chi connectivity index (χ3v) is 4.33. The second kappa shape index (κ2) is 12.1. The van der Waals surface area contributed by atoms with Gasteiger partial charge in [0.15, 0.2) is 11.5 Å². The van der Waals surface area contributed by atoms with Crippen molar-refractivity contribution in [2.75, 3.05) is 46.0 Å². The number of methoxy groups -OCH3 is 2. The summed E-state index contributed by atoms with van der Waals surface area (Å²) in [5.41, 5.74) is -0.000143. The van der Waals surface area contributed by atoms with Crippen molar-refractivity contribution in [2.24, 2.45) is 0 Å².